The van der Waals surface area contributed by atoms with Crippen LogP contribution in [0.15, 0.2) is 66.7 Å². The van der Waals surface area contributed by atoms with Crippen molar-refractivity contribution in [1.29, 1.82) is 0 Å². The zero-order chi connectivity index (χ0) is 19.1. The number of carbonyl (C=O) groups excluding carboxylic acids is 1. The number of urea groups is 1. The van der Waals surface area contributed by atoms with E-state index in [4.69, 9.17) is 9.97 Å². The Labute approximate surface area is 165 Å². The van der Waals surface area contributed by atoms with E-state index in [9.17, 15) is 4.79 Å². The van der Waals surface area contributed by atoms with Crippen molar-refractivity contribution in [1.82, 2.24) is 9.97 Å². The first-order chi connectivity index (χ1) is 13.7. The molecule has 2 aromatic heterocycles. The highest BCUT2D eigenvalue weighted by Crippen LogP contribution is 2.34. The number of amides is 2. The van der Waals surface area contributed by atoms with Crippen LogP contribution in [0, 0.1) is 6.92 Å². The van der Waals surface area contributed by atoms with E-state index in [1.165, 1.54) is 0 Å². The van der Waals surface area contributed by atoms with Crippen molar-refractivity contribution in [2.75, 3.05) is 10.6 Å². The monoisotopic (exact) mass is 384 g/mol. The molecule has 0 unspecified atom stereocenters. The summed E-state index contributed by atoms with van der Waals surface area (Å²) in [5, 5.41) is 6.73. The number of anilines is 2. The summed E-state index contributed by atoms with van der Waals surface area (Å²) in [4.78, 5) is 22.7. The van der Waals surface area contributed by atoms with E-state index in [0.717, 1.165) is 42.7 Å². The Kier molecular flexibility index (Phi) is 3.91. The van der Waals surface area contributed by atoms with E-state index in [0.29, 0.717) is 5.69 Å². The van der Waals surface area contributed by atoms with Gasteiger partial charge in [0, 0.05) is 21.5 Å². The lowest BCUT2D eigenvalue weighted by molar-refractivity contribution is 0.262. The highest BCUT2D eigenvalue weighted by molar-refractivity contribution is 7.25. The molecule has 0 spiro atoms. The molecule has 5 rings (SSSR count). The summed E-state index contributed by atoms with van der Waals surface area (Å²) in [5.74, 6) is 0. The zero-order valence-corrected chi connectivity index (χ0v) is 15.9. The fraction of sp³-hybridized carbons (Fsp3) is 0.0455. The normalized spacial score (nSPS) is 11.2. The van der Waals surface area contributed by atoms with Crippen LogP contribution in [0.5, 0.6) is 0 Å². The van der Waals surface area contributed by atoms with Gasteiger partial charge in [-0.15, -0.1) is 11.3 Å². The summed E-state index contributed by atoms with van der Waals surface area (Å²) in [6.07, 6.45) is 0. The molecule has 0 radical (unpaired) electrons. The molecule has 2 N–H and O–H groups in total. The van der Waals surface area contributed by atoms with Crippen LogP contribution in [0.25, 0.3) is 31.5 Å². The van der Waals surface area contributed by atoms with Gasteiger partial charge in [0.05, 0.1) is 11.0 Å². The van der Waals surface area contributed by atoms with Gasteiger partial charge in [-0.2, -0.15) is 0 Å². The number of rotatable bonds is 2. The lowest BCUT2D eigenvalue weighted by Gasteiger charge is -2.08. The number of thiophene rings is 1. The maximum atomic E-state index is 12.3. The minimum absolute atomic E-state index is 0.278. The van der Waals surface area contributed by atoms with Crippen LogP contribution in [0.2, 0.25) is 0 Å². The summed E-state index contributed by atoms with van der Waals surface area (Å²) in [5.41, 5.74) is 5.23. The first-order valence-electron chi connectivity index (χ1n) is 8.89. The number of carbonyl (C=O) groups is 1. The quantitative estimate of drug-likeness (QED) is 0.395. The summed E-state index contributed by atoms with van der Waals surface area (Å²) < 4.78 is 1.09. The molecule has 0 saturated heterocycles. The molecule has 0 aliphatic rings. The summed E-state index contributed by atoms with van der Waals surface area (Å²) >= 11 is 1.61. The number of hydrogen-bond acceptors (Lipinski definition) is 4. The minimum Gasteiger partial charge on any atom is -0.308 e. The number of aromatic nitrogens is 2. The summed E-state index contributed by atoms with van der Waals surface area (Å²) in [6.45, 7) is 2.01. The van der Waals surface area contributed by atoms with Crippen LogP contribution in [-0.4, -0.2) is 16.0 Å². The number of para-hydroxylation sites is 2. The van der Waals surface area contributed by atoms with E-state index >= 15 is 0 Å². The molecule has 3 aromatic carbocycles. The second-order valence-electron chi connectivity index (χ2n) is 6.62. The Morgan fingerprint density at radius 1 is 0.857 bits per heavy atom. The van der Waals surface area contributed by atoms with Crippen molar-refractivity contribution in [2.45, 2.75) is 6.92 Å². The number of nitrogens with zero attached hydrogens (tertiary/aromatic N) is 2. The standard InChI is InChI=1S/C22H16N4OS/c1-13-6-8-14(9-7-13)23-22(27)24-15-10-11-19-16(12-15)20-21(28-19)26-18-5-3-2-4-17(18)25-20/h2-12H,1H3,(H2,23,24,27). The van der Waals surface area contributed by atoms with E-state index in [2.05, 4.69) is 10.6 Å². The highest BCUT2D eigenvalue weighted by atomic mass is 32.1. The fourth-order valence-electron chi connectivity index (χ4n) is 3.15. The smallest absolute Gasteiger partial charge is 0.308 e. The molecular formula is C22H16N4OS. The number of benzene rings is 3. The topological polar surface area (TPSA) is 66.9 Å². The average Bonchev–Trinajstić information content (AvgIpc) is 3.05. The molecule has 28 heavy (non-hydrogen) atoms. The van der Waals surface area contributed by atoms with Crippen LogP contribution in [0.3, 0.4) is 0 Å². The maximum absolute atomic E-state index is 12.3. The van der Waals surface area contributed by atoms with Gasteiger partial charge in [0.2, 0.25) is 0 Å². The van der Waals surface area contributed by atoms with E-state index < -0.39 is 0 Å². The van der Waals surface area contributed by atoms with Crippen molar-refractivity contribution in [3.05, 3.63) is 72.3 Å². The van der Waals surface area contributed by atoms with Crippen LogP contribution >= 0.6 is 11.3 Å². The van der Waals surface area contributed by atoms with Gasteiger partial charge >= 0.3 is 6.03 Å². The zero-order valence-electron chi connectivity index (χ0n) is 15.1. The molecule has 136 valence electrons. The molecular weight excluding hydrogens is 368 g/mol. The molecule has 2 heterocycles. The van der Waals surface area contributed by atoms with E-state index in [1.54, 1.807) is 11.3 Å². The number of hydrogen-bond donors (Lipinski definition) is 2. The first-order valence-corrected chi connectivity index (χ1v) is 9.71. The van der Waals surface area contributed by atoms with Gasteiger partial charge in [0.1, 0.15) is 10.3 Å². The molecule has 0 bridgehead atoms. The predicted octanol–water partition coefficient (Wildman–Crippen LogP) is 5.95. The van der Waals surface area contributed by atoms with Crippen molar-refractivity contribution in [3.8, 4) is 0 Å². The van der Waals surface area contributed by atoms with Crippen LogP contribution in [0.1, 0.15) is 5.56 Å². The highest BCUT2D eigenvalue weighted by Gasteiger charge is 2.11. The van der Waals surface area contributed by atoms with Gasteiger partial charge in [-0.3, -0.25) is 0 Å². The van der Waals surface area contributed by atoms with Gasteiger partial charge in [0.15, 0.2) is 0 Å². The summed E-state index contributed by atoms with van der Waals surface area (Å²) in [6, 6.07) is 21.1. The number of nitrogens with one attached hydrogen (secondary N) is 2. The minimum atomic E-state index is -0.278. The Hall–Kier alpha value is -3.51. The molecule has 0 fully saturated rings. The van der Waals surface area contributed by atoms with Gasteiger partial charge in [-0.1, -0.05) is 29.8 Å². The number of fused-ring (bicyclic) bond motifs is 4. The Morgan fingerprint density at radius 3 is 2.32 bits per heavy atom. The van der Waals surface area contributed by atoms with Gasteiger partial charge in [-0.05, 0) is 49.4 Å². The van der Waals surface area contributed by atoms with E-state index in [-0.39, 0.29) is 6.03 Å². The van der Waals surface area contributed by atoms with Crippen LogP contribution in [0.4, 0.5) is 16.2 Å². The molecule has 0 aliphatic heterocycles. The SMILES string of the molecule is Cc1ccc(NC(=O)Nc2ccc3sc4nc5ccccc5nc4c3c2)cc1. The van der Waals surface area contributed by atoms with Crippen molar-refractivity contribution in [2.24, 2.45) is 0 Å². The third-order valence-corrected chi connectivity index (χ3v) is 5.60. The Bertz CT molecular complexity index is 1340. The van der Waals surface area contributed by atoms with Crippen molar-refractivity contribution in [3.63, 3.8) is 0 Å². The average molecular weight is 384 g/mol. The van der Waals surface area contributed by atoms with E-state index in [1.807, 2.05) is 73.7 Å². The molecule has 0 aliphatic carbocycles. The molecule has 0 atom stereocenters. The van der Waals surface area contributed by atoms with Crippen LogP contribution < -0.4 is 10.6 Å². The molecule has 5 aromatic rings. The molecule has 2 amide bonds. The van der Waals surface area contributed by atoms with Crippen molar-refractivity contribution >= 4 is 60.2 Å². The number of aryl methyl sites for hydroxylation is 1. The second kappa shape index (κ2) is 6.58. The largest absolute Gasteiger partial charge is 0.323 e. The first kappa shape index (κ1) is 16.6. The van der Waals surface area contributed by atoms with Crippen molar-refractivity contribution < 1.29 is 4.79 Å². The van der Waals surface area contributed by atoms with Gasteiger partial charge in [0.25, 0.3) is 0 Å². The maximum Gasteiger partial charge on any atom is 0.323 e. The summed E-state index contributed by atoms with van der Waals surface area (Å²) in [7, 11) is 0. The predicted molar refractivity (Wildman–Crippen MR) is 116 cm³/mol. The lowest BCUT2D eigenvalue weighted by atomic mass is 10.2. The lowest BCUT2D eigenvalue weighted by Crippen LogP contribution is -2.19. The molecule has 6 heteroatoms. The molecule has 5 nitrogen and oxygen atoms in total. The van der Waals surface area contributed by atoms with Gasteiger partial charge in [-0.25, -0.2) is 14.8 Å². The second-order valence-corrected chi connectivity index (χ2v) is 7.65. The van der Waals surface area contributed by atoms with Crippen LogP contribution in [-0.2, 0) is 0 Å². The Balaban J connectivity index is 1.48. The third kappa shape index (κ3) is 3.04. The Morgan fingerprint density at radius 2 is 1.54 bits per heavy atom. The molecule has 0 saturated carbocycles. The fourth-order valence-corrected chi connectivity index (χ4v) is 4.15. The van der Waals surface area contributed by atoms with Gasteiger partial charge < -0.3 is 10.6 Å². The third-order valence-electron chi connectivity index (χ3n) is 4.55.